The highest BCUT2D eigenvalue weighted by Gasteiger charge is 2.32. The number of nitrogens with zero attached hydrogens (tertiary/aromatic N) is 3. The molecule has 2 fully saturated rings. The summed E-state index contributed by atoms with van der Waals surface area (Å²) in [7, 11) is 0. The van der Waals surface area contributed by atoms with Crippen LogP contribution in [0.15, 0.2) is 36.5 Å². The molecule has 3 heterocycles. The van der Waals surface area contributed by atoms with Gasteiger partial charge in [-0.05, 0) is 49.4 Å². The first kappa shape index (κ1) is 15.8. The highest BCUT2D eigenvalue weighted by molar-refractivity contribution is 6.30. The third kappa shape index (κ3) is 2.67. The summed E-state index contributed by atoms with van der Waals surface area (Å²) in [4.78, 5) is 19.6. The summed E-state index contributed by atoms with van der Waals surface area (Å²) in [5.74, 6) is 0.584. The van der Waals surface area contributed by atoms with E-state index in [9.17, 15) is 4.79 Å². The molecule has 5 rings (SSSR count). The summed E-state index contributed by atoms with van der Waals surface area (Å²) in [6.07, 6.45) is 6.00. The Morgan fingerprint density at radius 2 is 2.00 bits per heavy atom. The maximum absolute atomic E-state index is 13.2. The average Bonchev–Trinajstić information content (AvgIpc) is 3.23. The van der Waals surface area contributed by atoms with Crippen molar-refractivity contribution in [2.24, 2.45) is 0 Å². The minimum absolute atomic E-state index is 0.0415. The van der Waals surface area contributed by atoms with Crippen molar-refractivity contribution in [3.8, 4) is 0 Å². The Hall–Kier alpha value is -2.40. The fraction of sp³-hybridized carbons (Fsp3) is 0.350. The van der Waals surface area contributed by atoms with Crippen molar-refractivity contribution in [3.05, 3.63) is 58.4 Å². The van der Waals surface area contributed by atoms with Crippen LogP contribution >= 0.6 is 11.6 Å². The van der Waals surface area contributed by atoms with Crippen LogP contribution in [-0.4, -0.2) is 32.5 Å². The van der Waals surface area contributed by atoms with Crippen molar-refractivity contribution < 1.29 is 4.79 Å². The van der Waals surface area contributed by atoms with E-state index < -0.39 is 0 Å². The summed E-state index contributed by atoms with van der Waals surface area (Å²) in [5.41, 5.74) is 3.59. The van der Waals surface area contributed by atoms with Crippen LogP contribution in [0.25, 0.3) is 11.0 Å². The molecule has 132 valence electrons. The number of rotatable bonds is 3. The van der Waals surface area contributed by atoms with E-state index in [1.54, 1.807) is 6.20 Å². The third-order valence-electron chi connectivity index (χ3n) is 5.44. The average molecular weight is 367 g/mol. The van der Waals surface area contributed by atoms with E-state index in [2.05, 4.69) is 15.2 Å². The van der Waals surface area contributed by atoms with Crippen LogP contribution in [0.5, 0.6) is 0 Å². The molecule has 2 aliphatic rings. The first-order chi connectivity index (χ1) is 12.7. The van der Waals surface area contributed by atoms with E-state index >= 15 is 0 Å². The van der Waals surface area contributed by atoms with Crippen LogP contribution in [0.3, 0.4) is 0 Å². The topological polar surface area (TPSA) is 61.9 Å². The van der Waals surface area contributed by atoms with Crippen LogP contribution < -0.4 is 0 Å². The number of nitrogens with one attached hydrogen (secondary N) is 1. The number of fused-ring (bicyclic) bond motifs is 1. The minimum Gasteiger partial charge on any atom is -0.332 e. The lowest BCUT2D eigenvalue weighted by Crippen LogP contribution is -2.30. The number of H-pyrrole nitrogens is 1. The molecule has 5 nitrogen and oxygen atoms in total. The molecule has 6 heteroatoms. The summed E-state index contributed by atoms with van der Waals surface area (Å²) in [6.45, 7) is 0.769. The van der Waals surface area contributed by atoms with Gasteiger partial charge in [0, 0.05) is 34.8 Å². The number of carbonyl (C=O) groups excluding carboxylic acids is 1. The van der Waals surface area contributed by atoms with Crippen LogP contribution in [0, 0.1) is 0 Å². The Balaban J connectivity index is 1.47. The second-order valence-corrected chi connectivity index (χ2v) is 7.65. The van der Waals surface area contributed by atoms with Gasteiger partial charge in [0.05, 0.1) is 11.6 Å². The lowest BCUT2D eigenvalue weighted by molar-refractivity contribution is 0.0735. The maximum Gasteiger partial charge on any atom is 0.255 e. The van der Waals surface area contributed by atoms with Crippen molar-refractivity contribution in [3.63, 3.8) is 0 Å². The number of hydrogen-bond donors (Lipinski definition) is 1. The Morgan fingerprint density at radius 3 is 2.77 bits per heavy atom. The van der Waals surface area contributed by atoms with Gasteiger partial charge in [0.25, 0.3) is 5.91 Å². The summed E-state index contributed by atoms with van der Waals surface area (Å²) >= 11 is 6.01. The van der Waals surface area contributed by atoms with E-state index in [0.717, 1.165) is 36.0 Å². The van der Waals surface area contributed by atoms with E-state index in [0.29, 0.717) is 22.2 Å². The number of aromatic nitrogens is 3. The molecule has 1 N–H and O–H groups in total. The first-order valence-corrected chi connectivity index (χ1v) is 9.49. The fourth-order valence-corrected chi connectivity index (χ4v) is 4.05. The lowest BCUT2D eigenvalue weighted by atomic mass is 10.0. The van der Waals surface area contributed by atoms with Gasteiger partial charge in [-0.1, -0.05) is 23.7 Å². The van der Waals surface area contributed by atoms with Gasteiger partial charge in [0.2, 0.25) is 0 Å². The van der Waals surface area contributed by atoms with Crippen LogP contribution in [0.4, 0.5) is 0 Å². The predicted molar refractivity (Wildman–Crippen MR) is 100 cm³/mol. The summed E-state index contributed by atoms with van der Waals surface area (Å²) < 4.78 is 0. The SMILES string of the molecule is O=C(c1cnc2n[nH]c(C3CC3)c2c1)N1CCCC1c1ccc(Cl)cc1. The van der Waals surface area contributed by atoms with Gasteiger partial charge in [0.15, 0.2) is 5.65 Å². The number of amides is 1. The van der Waals surface area contributed by atoms with Gasteiger partial charge < -0.3 is 4.90 Å². The number of pyridine rings is 1. The fourth-order valence-electron chi connectivity index (χ4n) is 3.93. The van der Waals surface area contributed by atoms with Crippen molar-refractivity contribution in [1.29, 1.82) is 0 Å². The van der Waals surface area contributed by atoms with E-state index in [-0.39, 0.29) is 11.9 Å². The van der Waals surface area contributed by atoms with E-state index in [1.165, 1.54) is 12.8 Å². The number of hydrogen-bond acceptors (Lipinski definition) is 3. The molecule has 1 aliphatic carbocycles. The molecule has 2 aromatic heterocycles. The van der Waals surface area contributed by atoms with Gasteiger partial charge in [-0.15, -0.1) is 0 Å². The van der Waals surface area contributed by atoms with Gasteiger partial charge in [-0.25, -0.2) is 4.98 Å². The highest BCUT2D eigenvalue weighted by atomic mass is 35.5. The molecule has 1 saturated carbocycles. The molecule has 1 aromatic carbocycles. The van der Waals surface area contributed by atoms with Gasteiger partial charge in [-0.3, -0.25) is 9.89 Å². The van der Waals surface area contributed by atoms with E-state index in [1.807, 2.05) is 35.2 Å². The number of carbonyl (C=O) groups is 1. The minimum atomic E-state index is 0.0415. The number of aromatic amines is 1. The molecule has 1 unspecified atom stereocenters. The number of likely N-dealkylation sites (tertiary alicyclic amines) is 1. The predicted octanol–water partition coefficient (Wildman–Crippen LogP) is 4.47. The second kappa shape index (κ2) is 6.09. The van der Waals surface area contributed by atoms with Crippen LogP contribution in [-0.2, 0) is 0 Å². The highest BCUT2D eigenvalue weighted by Crippen LogP contribution is 2.42. The van der Waals surface area contributed by atoms with Gasteiger partial charge in [-0.2, -0.15) is 5.10 Å². The van der Waals surface area contributed by atoms with Crippen molar-refractivity contribution in [2.75, 3.05) is 6.54 Å². The molecule has 0 spiro atoms. The van der Waals surface area contributed by atoms with Crippen molar-refractivity contribution in [2.45, 2.75) is 37.6 Å². The normalized spacial score (nSPS) is 20.0. The molecule has 0 radical (unpaired) electrons. The van der Waals surface area contributed by atoms with Crippen LogP contribution in [0.1, 0.15) is 59.3 Å². The monoisotopic (exact) mass is 366 g/mol. The second-order valence-electron chi connectivity index (χ2n) is 7.21. The summed E-state index contributed by atoms with van der Waals surface area (Å²) in [6, 6.07) is 9.86. The lowest BCUT2D eigenvalue weighted by Gasteiger charge is -2.25. The molecule has 1 amide bonds. The quantitative estimate of drug-likeness (QED) is 0.744. The van der Waals surface area contributed by atoms with Crippen molar-refractivity contribution in [1.82, 2.24) is 20.1 Å². The first-order valence-electron chi connectivity index (χ1n) is 9.11. The molecule has 3 aromatic rings. The largest absolute Gasteiger partial charge is 0.332 e. The molecular weight excluding hydrogens is 348 g/mol. The zero-order chi connectivity index (χ0) is 17.7. The third-order valence-corrected chi connectivity index (χ3v) is 5.69. The standard InChI is InChI=1S/C20H19ClN4O/c21-15-7-5-12(6-8-15)17-2-1-9-25(17)20(26)14-10-16-18(13-3-4-13)23-24-19(16)22-11-14/h5-8,10-11,13,17H,1-4,9H2,(H,22,23,24). The molecule has 0 bridgehead atoms. The molecule has 1 saturated heterocycles. The Morgan fingerprint density at radius 1 is 1.19 bits per heavy atom. The Labute approximate surface area is 156 Å². The Bertz CT molecular complexity index is 977. The van der Waals surface area contributed by atoms with Crippen LogP contribution in [0.2, 0.25) is 5.02 Å². The molecular formula is C20H19ClN4O. The van der Waals surface area contributed by atoms with Gasteiger partial charge >= 0.3 is 0 Å². The Kier molecular flexibility index (Phi) is 3.71. The van der Waals surface area contributed by atoms with E-state index in [4.69, 9.17) is 11.6 Å². The van der Waals surface area contributed by atoms with Gasteiger partial charge in [0.1, 0.15) is 0 Å². The summed E-state index contributed by atoms with van der Waals surface area (Å²) in [5, 5.41) is 9.08. The zero-order valence-electron chi connectivity index (χ0n) is 14.3. The molecule has 1 atom stereocenters. The van der Waals surface area contributed by atoms with Crippen molar-refractivity contribution >= 4 is 28.5 Å². The number of benzene rings is 1. The maximum atomic E-state index is 13.2. The molecule has 26 heavy (non-hydrogen) atoms. The smallest absolute Gasteiger partial charge is 0.255 e. The zero-order valence-corrected chi connectivity index (χ0v) is 15.0. The number of halogens is 1. The molecule has 1 aliphatic heterocycles.